The topological polar surface area (TPSA) is 33.5 Å². The Morgan fingerprint density at radius 1 is 1.64 bits per heavy atom. The molecule has 0 aliphatic carbocycles. The summed E-state index contributed by atoms with van der Waals surface area (Å²) in [7, 11) is 3.95. The molecule has 0 saturated carbocycles. The van der Waals surface area contributed by atoms with Crippen LogP contribution in [0.15, 0.2) is 0 Å². The van der Waals surface area contributed by atoms with E-state index >= 15 is 0 Å². The Kier molecular flexibility index (Phi) is 1.69. The molecule has 0 spiro atoms. The number of ketones is 1. The van der Waals surface area contributed by atoms with Crippen molar-refractivity contribution in [1.29, 1.82) is 0 Å². The van der Waals surface area contributed by atoms with Crippen molar-refractivity contribution in [1.82, 2.24) is 5.32 Å². The highest BCUT2D eigenvalue weighted by Gasteiger charge is 2.40. The molecule has 62 valence electrons. The molecule has 2 N–H and O–H groups in total. The Hall–Kier alpha value is -0.410. The predicted octanol–water partition coefficient (Wildman–Crippen LogP) is -1.63. The number of hydrogen-bond acceptors (Lipinski definition) is 2. The van der Waals surface area contributed by atoms with Gasteiger partial charge < -0.3 is 10.2 Å². The van der Waals surface area contributed by atoms with Gasteiger partial charge in [-0.25, -0.2) is 0 Å². The number of hydrogen-bond donors (Lipinski definition) is 2. The van der Waals surface area contributed by atoms with E-state index in [-0.39, 0.29) is 6.04 Å². The molecule has 0 radical (unpaired) electrons. The van der Waals surface area contributed by atoms with Gasteiger partial charge in [-0.3, -0.25) is 4.79 Å². The van der Waals surface area contributed by atoms with Crippen molar-refractivity contribution in [2.45, 2.75) is 24.9 Å². The first-order valence-electron chi connectivity index (χ1n) is 4.23. The van der Waals surface area contributed by atoms with Crippen molar-refractivity contribution in [2.24, 2.45) is 0 Å². The lowest BCUT2D eigenvalue weighted by Gasteiger charge is -2.35. The van der Waals surface area contributed by atoms with Crippen LogP contribution in [0.2, 0.25) is 0 Å². The number of likely N-dealkylation sites (tertiary alicyclic amines) is 1. The van der Waals surface area contributed by atoms with Gasteiger partial charge in [0.15, 0.2) is 0 Å². The van der Waals surface area contributed by atoms with E-state index in [1.807, 2.05) is 0 Å². The summed E-state index contributed by atoms with van der Waals surface area (Å²) >= 11 is 0. The van der Waals surface area contributed by atoms with E-state index in [1.54, 1.807) is 0 Å². The Morgan fingerprint density at radius 3 is 3.18 bits per heavy atom. The third-order valence-electron chi connectivity index (χ3n) is 2.74. The molecule has 3 nitrogen and oxygen atoms in total. The minimum atomic E-state index is 0.156. The Morgan fingerprint density at radius 2 is 2.45 bits per heavy atom. The fraction of sp³-hybridized carbons (Fsp3) is 0.750. The normalized spacial score (nSPS) is 44.1. The van der Waals surface area contributed by atoms with Crippen LogP contribution in [-0.4, -0.2) is 31.0 Å². The molecule has 0 amide bonds. The molecule has 0 aromatic rings. The first kappa shape index (κ1) is 7.25. The highest BCUT2D eigenvalue weighted by atomic mass is 16.1. The van der Waals surface area contributed by atoms with Crippen LogP contribution in [0.3, 0.4) is 0 Å². The van der Waals surface area contributed by atoms with E-state index in [1.165, 1.54) is 6.42 Å². The van der Waals surface area contributed by atoms with E-state index in [9.17, 15) is 4.79 Å². The minimum Gasteiger partial charge on any atom is -0.458 e. The van der Waals surface area contributed by atoms with Gasteiger partial charge in [0.1, 0.15) is 6.04 Å². The van der Waals surface area contributed by atoms with Gasteiger partial charge in [0.05, 0.1) is 19.1 Å². The predicted molar refractivity (Wildman–Crippen MR) is 41.0 cm³/mol. The van der Waals surface area contributed by atoms with Gasteiger partial charge in [-0.05, 0) is 12.8 Å². The SMILES string of the molecule is [CH2-][NH+]1CCCC2NCC(=O)C21. The number of piperidine rings is 1. The highest BCUT2D eigenvalue weighted by Crippen LogP contribution is 2.10. The standard InChI is InChI=1S/C8H14N2O/c1-10-4-2-3-6-8(10)7(11)5-9-6/h6,8-10H,1-5H2. The third-order valence-corrected chi connectivity index (χ3v) is 2.74. The van der Waals surface area contributed by atoms with Crippen molar-refractivity contribution in [3.05, 3.63) is 7.05 Å². The molecule has 2 aliphatic rings. The number of fused-ring (bicyclic) bond motifs is 1. The molecular weight excluding hydrogens is 140 g/mol. The van der Waals surface area contributed by atoms with Crippen molar-refractivity contribution < 1.29 is 9.69 Å². The van der Waals surface area contributed by atoms with Crippen molar-refractivity contribution in [3.8, 4) is 0 Å². The number of quaternary nitrogens is 1. The van der Waals surface area contributed by atoms with Gasteiger partial charge in [-0.1, -0.05) is 0 Å². The summed E-state index contributed by atoms with van der Waals surface area (Å²) in [5, 5.41) is 3.23. The first-order chi connectivity index (χ1) is 5.29. The summed E-state index contributed by atoms with van der Waals surface area (Å²) in [5.74, 6) is 0.347. The molecule has 2 aliphatic heterocycles. The van der Waals surface area contributed by atoms with Crippen molar-refractivity contribution >= 4 is 5.78 Å². The average molecular weight is 154 g/mol. The molecule has 3 heteroatoms. The zero-order valence-corrected chi connectivity index (χ0v) is 6.60. The lowest BCUT2D eigenvalue weighted by molar-refractivity contribution is -0.876. The molecule has 2 saturated heterocycles. The van der Waals surface area contributed by atoms with Gasteiger partial charge in [0.25, 0.3) is 0 Å². The van der Waals surface area contributed by atoms with Crippen LogP contribution >= 0.6 is 0 Å². The summed E-state index contributed by atoms with van der Waals surface area (Å²) in [6, 6.07) is 0.576. The van der Waals surface area contributed by atoms with E-state index in [2.05, 4.69) is 12.4 Å². The molecule has 0 aromatic carbocycles. The Labute approximate surface area is 66.8 Å². The summed E-state index contributed by atoms with van der Waals surface area (Å²) in [4.78, 5) is 12.4. The summed E-state index contributed by atoms with van der Waals surface area (Å²) in [6.45, 7) is 1.61. The summed E-state index contributed by atoms with van der Waals surface area (Å²) in [6.07, 6.45) is 2.34. The summed E-state index contributed by atoms with van der Waals surface area (Å²) < 4.78 is 0. The van der Waals surface area contributed by atoms with E-state index < -0.39 is 0 Å². The zero-order valence-electron chi connectivity index (χ0n) is 6.60. The van der Waals surface area contributed by atoms with Gasteiger partial charge >= 0.3 is 0 Å². The number of carbonyl (C=O) groups excluding carboxylic acids is 1. The minimum absolute atomic E-state index is 0.156. The smallest absolute Gasteiger partial charge is 0.202 e. The number of Topliss-reactive ketones (excluding diaryl/α,β-unsaturated/α-hetero) is 1. The molecular formula is C8H14N2O. The number of rotatable bonds is 0. The molecule has 2 heterocycles. The van der Waals surface area contributed by atoms with Gasteiger partial charge in [0.2, 0.25) is 5.78 Å². The fourth-order valence-corrected chi connectivity index (χ4v) is 2.17. The second kappa shape index (κ2) is 2.57. The fourth-order valence-electron chi connectivity index (χ4n) is 2.17. The Balaban J connectivity index is 2.14. The zero-order chi connectivity index (χ0) is 7.84. The van der Waals surface area contributed by atoms with Crippen LogP contribution in [-0.2, 0) is 4.79 Å². The number of nitrogens with one attached hydrogen (secondary N) is 2. The third kappa shape index (κ3) is 1.08. The average Bonchev–Trinajstić information content (AvgIpc) is 2.34. The molecule has 3 atom stereocenters. The maximum Gasteiger partial charge on any atom is 0.202 e. The van der Waals surface area contributed by atoms with E-state index in [0.717, 1.165) is 17.9 Å². The highest BCUT2D eigenvalue weighted by molar-refractivity contribution is 5.87. The van der Waals surface area contributed by atoms with E-state index in [0.29, 0.717) is 18.4 Å². The molecule has 3 unspecified atom stereocenters. The monoisotopic (exact) mass is 154 g/mol. The summed E-state index contributed by atoms with van der Waals surface area (Å²) in [5.41, 5.74) is 0. The van der Waals surface area contributed by atoms with Crippen LogP contribution in [0, 0.1) is 7.05 Å². The van der Waals surface area contributed by atoms with Gasteiger partial charge in [-0.2, -0.15) is 7.05 Å². The van der Waals surface area contributed by atoms with Crippen LogP contribution in [0.5, 0.6) is 0 Å². The maximum absolute atomic E-state index is 11.3. The molecule has 0 aromatic heterocycles. The largest absolute Gasteiger partial charge is 0.458 e. The van der Waals surface area contributed by atoms with Crippen LogP contribution < -0.4 is 10.2 Å². The van der Waals surface area contributed by atoms with Crippen molar-refractivity contribution in [2.75, 3.05) is 13.1 Å². The lowest BCUT2D eigenvalue weighted by Crippen LogP contribution is -3.14. The molecule has 2 rings (SSSR count). The molecule has 0 bridgehead atoms. The molecule has 2 fully saturated rings. The van der Waals surface area contributed by atoms with Crippen LogP contribution in [0.1, 0.15) is 12.8 Å². The second-order valence-electron chi connectivity index (χ2n) is 3.48. The lowest BCUT2D eigenvalue weighted by atomic mass is 9.98. The Bertz CT molecular complexity index is 181. The van der Waals surface area contributed by atoms with Crippen LogP contribution in [0.4, 0.5) is 0 Å². The van der Waals surface area contributed by atoms with Gasteiger partial charge in [0, 0.05) is 0 Å². The molecule has 11 heavy (non-hydrogen) atoms. The van der Waals surface area contributed by atoms with E-state index in [4.69, 9.17) is 0 Å². The quantitative estimate of drug-likeness (QED) is 0.411. The van der Waals surface area contributed by atoms with Crippen molar-refractivity contribution in [3.63, 3.8) is 0 Å². The maximum atomic E-state index is 11.3. The van der Waals surface area contributed by atoms with Gasteiger partial charge in [-0.15, -0.1) is 0 Å². The van der Waals surface area contributed by atoms with Crippen LogP contribution in [0.25, 0.3) is 0 Å². The number of carbonyl (C=O) groups is 1. The second-order valence-corrected chi connectivity index (χ2v) is 3.48. The first-order valence-corrected chi connectivity index (χ1v) is 4.23.